The lowest BCUT2D eigenvalue weighted by atomic mass is 9.92. The summed E-state index contributed by atoms with van der Waals surface area (Å²) in [5.74, 6) is 0.703. The molecule has 3 N–H and O–H groups in total. The number of aliphatic hydroxyl groups is 3. The number of aryl methyl sites for hydroxylation is 2. The third-order valence-corrected chi connectivity index (χ3v) is 4.07. The number of ether oxygens (including phenoxy) is 1. The van der Waals surface area contributed by atoms with Crippen LogP contribution >= 0.6 is 0 Å². The predicted octanol–water partition coefficient (Wildman–Crippen LogP) is 2.50. The van der Waals surface area contributed by atoms with E-state index < -0.39 is 6.10 Å². The number of rotatable bonds is 6. The highest BCUT2D eigenvalue weighted by Gasteiger charge is 2.12. The highest BCUT2D eigenvalue weighted by molar-refractivity contribution is 5.73. The van der Waals surface area contributed by atoms with Gasteiger partial charge in [-0.25, -0.2) is 0 Å². The maximum Gasteiger partial charge on any atom is 0.122 e. The van der Waals surface area contributed by atoms with Crippen LogP contribution in [0.3, 0.4) is 0 Å². The average molecular weight is 316 g/mol. The van der Waals surface area contributed by atoms with E-state index in [2.05, 4.69) is 6.07 Å². The molecule has 1 unspecified atom stereocenters. The van der Waals surface area contributed by atoms with Gasteiger partial charge >= 0.3 is 0 Å². The molecule has 0 radical (unpaired) electrons. The molecular formula is C19H24O4. The lowest BCUT2D eigenvalue weighted by Crippen LogP contribution is -2.21. The minimum absolute atomic E-state index is 0.0257. The molecule has 4 heteroatoms. The van der Waals surface area contributed by atoms with Crippen LogP contribution in [0.2, 0.25) is 0 Å². The Hall–Kier alpha value is -1.88. The Morgan fingerprint density at radius 1 is 1.00 bits per heavy atom. The Morgan fingerprint density at radius 2 is 1.74 bits per heavy atom. The molecule has 1 atom stereocenters. The summed E-state index contributed by atoms with van der Waals surface area (Å²) in [6.07, 6.45) is -0.877. The van der Waals surface area contributed by atoms with Gasteiger partial charge in [-0.3, -0.25) is 0 Å². The van der Waals surface area contributed by atoms with Crippen molar-refractivity contribution in [2.45, 2.75) is 33.5 Å². The zero-order chi connectivity index (χ0) is 17.0. The molecule has 0 spiro atoms. The van der Waals surface area contributed by atoms with Crippen LogP contribution in [0, 0.1) is 20.8 Å². The first-order chi connectivity index (χ1) is 11.0. The minimum atomic E-state index is -0.877. The van der Waals surface area contributed by atoms with E-state index in [9.17, 15) is 10.2 Å². The summed E-state index contributed by atoms with van der Waals surface area (Å²) >= 11 is 0. The van der Waals surface area contributed by atoms with Crippen molar-refractivity contribution in [1.29, 1.82) is 0 Å². The van der Waals surface area contributed by atoms with Crippen molar-refractivity contribution >= 4 is 0 Å². The van der Waals surface area contributed by atoms with Crippen LogP contribution in [-0.4, -0.2) is 34.6 Å². The van der Waals surface area contributed by atoms with E-state index in [1.54, 1.807) is 0 Å². The van der Waals surface area contributed by atoms with Gasteiger partial charge in [0.1, 0.15) is 18.5 Å². The number of hydrogen-bond donors (Lipinski definition) is 3. The van der Waals surface area contributed by atoms with Gasteiger partial charge < -0.3 is 20.1 Å². The normalized spacial score (nSPS) is 12.3. The van der Waals surface area contributed by atoms with E-state index in [1.807, 2.05) is 45.0 Å². The molecule has 2 rings (SSSR count). The average Bonchev–Trinajstić information content (AvgIpc) is 2.55. The summed E-state index contributed by atoms with van der Waals surface area (Å²) < 4.78 is 5.59. The van der Waals surface area contributed by atoms with E-state index in [4.69, 9.17) is 9.84 Å². The second-order valence-electron chi connectivity index (χ2n) is 5.83. The van der Waals surface area contributed by atoms with Crippen LogP contribution in [0.25, 0.3) is 11.1 Å². The standard InChI is InChI=1S/C19H24O4/c1-12-8-19(23-11-16(22)10-21)13(2)7-18(12)17-6-4-5-15(9-20)14(17)3/h4-8,16,20-22H,9-11H2,1-3H3. The molecule has 23 heavy (non-hydrogen) atoms. The van der Waals surface area contributed by atoms with Gasteiger partial charge in [0.25, 0.3) is 0 Å². The Balaban J connectivity index is 2.37. The molecule has 0 saturated heterocycles. The van der Waals surface area contributed by atoms with Gasteiger partial charge in [0, 0.05) is 0 Å². The van der Waals surface area contributed by atoms with Crippen molar-refractivity contribution in [3.05, 3.63) is 52.6 Å². The van der Waals surface area contributed by atoms with E-state index in [1.165, 1.54) is 0 Å². The molecule has 0 aliphatic carbocycles. The van der Waals surface area contributed by atoms with Gasteiger partial charge in [-0.05, 0) is 66.3 Å². The molecule has 0 aliphatic rings. The first-order valence-corrected chi connectivity index (χ1v) is 7.70. The zero-order valence-electron chi connectivity index (χ0n) is 13.8. The van der Waals surface area contributed by atoms with Crippen molar-refractivity contribution in [2.75, 3.05) is 13.2 Å². The highest BCUT2D eigenvalue weighted by Crippen LogP contribution is 2.33. The molecule has 0 aliphatic heterocycles. The van der Waals surface area contributed by atoms with E-state index in [0.717, 1.165) is 33.4 Å². The van der Waals surface area contributed by atoms with E-state index in [-0.39, 0.29) is 19.8 Å². The fourth-order valence-corrected chi connectivity index (χ4v) is 2.62. The second kappa shape index (κ2) is 7.59. The smallest absolute Gasteiger partial charge is 0.122 e. The Morgan fingerprint density at radius 3 is 2.39 bits per heavy atom. The van der Waals surface area contributed by atoms with Crippen LogP contribution in [-0.2, 0) is 6.61 Å². The van der Waals surface area contributed by atoms with Crippen molar-refractivity contribution in [3.8, 4) is 16.9 Å². The molecule has 0 amide bonds. The fraction of sp³-hybridized carbons (Fsp3) is 0.368. The van der Waals surface area contributed by atoms with Crippen molar-refractivity contribution < 1.29 is 20.1 Å². The molecular weight excluding hydrogens is 292 g/mol. The number of hydrogen-bond acceptors (Lipinski definition) is 4. The molecule has 124 valence electrons. The number of aliphatic hydroxyl groups excluding tert-OH is 3. The summed E-state index contributed by atoms with van der Waals surface area (Å²) in [6, 6.07) is 9.92. The molecule has 0 fully saturated rings. The zero-order valence-corrected chi connectivity index (χ0v) is 13.8. The van der Waals surface area contributed by atoms with Crippen LogP contribution in [0.4, 0.5) is 0 Å². The molecule has 0 heterocycles. The molecule has 2 aromatic rings. The van der Waals surface area contributed by atoms with Gasteiger partial charge in [0.2, 0.25) is 0 Å². The summed E-state index contributed by atoms with van der Waals surface area (Å²) in [6.45, 7) is 5.75. The summed E-state index contributed by atoms with van der Waals surface area (Å²) in [5, 5.41) is 27.7. The third-order valence-electron chi connectivity index (χ3n) is 4.07. The molecule has 2 aromatic carbocycles. The Labute approximate surface area is 137 Å². The monoisotopic (exact) mass is 316 g/mol. The highest BCUT2D eigenvalue weighted by atomic mass is 16.5. The number of benzene rings is 2. The van der Waals surface area contributed by atoms with Gasteiger partial charge in [0.05, 0.1) is 13.2 Å². The van der Waals surface area contributed by atoms with Crippen LogP contribution in [0.1, 0.15) is 22.3 Å². The molecule has 0 aromatic heterocycles. The largest absolute Gasteiger partial charge is 0.491 e. The Kier molecular flexibility index (Phi) is 5.77. The van der Waals surface area contributed by atoms with Crippen LogP contribution in [0.5, 0.6) is 5.75 Å². The second-order valence-corrected chi connectivity index (χ2v) is 5.83. The van der Waals surface area contributed by atoms with Crippen LogP contribution < -0.4 is 4.74 Å². The van der Waals surface area contributed by atoms with Crippen molar-refractivity contribution in [1.82, 2.24) is 0 Å². The predicted molar refractivity (Wildman–Crippen MR) is 90.6 cm³/mol. The first-order valence-electron chi connectivity index (χ1n) is 7.70. The van der Waals surface area contributed by atoms with E-state index in [0.29, 0.717) is 5.75 Å². The lowest BCUT2D eigenvalue weighted by Gasteiger charge is -2.17. The maximum absolute atomic E-state index is 9.44. The van der Waals surface area contributed by atoms with Gasteiger partial charge in [-0.1, -0.05) is 18.2 Å². The first kappa shape index (κ1) is 17.5. The SMILES string of the molecule is Cc1cc(-c2cccc(CO)c2C)c(C)cc1OCC(O)CO. The van der Waals surface area contributed by atoms with Gasteiger partial charge in [-0.2, -0.15) is 0 Å². The topological polar surface area (TPSA) is 69.9 Å². The maximum atomic E-state index is 9.44. The third kappa shape index (κ3) is 3.91. The minimum Gasteiger partial charge on any atom is -0.491 e. The van der Waals surface area contributed by atoms with Crippen LogP contribution in [0.15, 0.2) is 30.3 Å². The van der Waals surface area contributed by atoms with Gasteiger partial charge in [0.15, 0.2) is 0 Å². The Bertz CT molecular complexity index is 679. The van der Waals surface area contributed by atoms with Crippen molar-refractivity contribution in [2.24, 2.45) is 0 Å². The summed E-state index contributed by atoms with van der Waals surface area (Å²) in [4.78, 5) is 0. The fourth-order valence-electron chi connectivity index (χ4n) is 2.62. The lowest BCUT2D eigenvalue weighted by molar-refractivity contribution is 0.0534. The van der Waals surface area contributed by atoms with E-state index >= 15 is 0 Å². The molecule has 0 bridgehead atoms. The van der Waals surface area contributed by atoms with Gasteiger partial charge in [-0.15, -0.1) is 0 Å². The summed E-state index contributed by atoms with van der Waals surface area (Å²) in [5.41, 5.74) is 6.21. The van der Waals surface area contributed by atoms with Crippen molar-refractivity contribution in [3.63, 3.8) is 0 Å². The quantitative estimate of drug-likeness (QED) is 0.766. The molecule has 0 saturated carbocycles. The summed E-state index contributed by atoms with van der Waals surface area (Å²) in [7, 11) is 0. The molecule has 4 nitrogen and oxygen atoms in total.